The highest BCUT2D eigenvalue weighted by Crippen LogP contribution is 2.38. The molecule has 0 heterocycles. The summed E-state index contributed by atoms with van der Waals surface area (Å²) in [5.74, 6) is 0. The molecule has 0 amide bonds. The van der Waals surface area contributed by atoms with E-state index in [1.54, 1.807) is 6.66 Å². The third-order valence-electron chi connectivity index (χ3n) is 0.697. The Morgan fingerprint density at radius 2 is 2.14 bits per heavy atom. The summed E-state index contributed by atoms with van der Waals surface area (Å²) in [4.78, 5) is 0. The van der Waals surface area contributed by atoms with Gasteiger partial charge in [-0.25, -0.2) is 0 Å². The highest BCUT2D eigenvalue weighted by Gasteiger charge is 2.02. The minimum atomic E-state index is -1.92. The second kappa shape index (κ2) is 2.52. The first-order valence-corrected chi connectivity index (χ1v) is 4.99. The van der Waals surface area contributed by atoms with E-state index >= 15 is 0 Å². The molecule has 1 nitrogen and oxygen atoms in total. The molecule has 0 spiro atoms. The van der Waals surface area contributed by atoms with E-state index in [1.807, 2.05) is 6.92 Å². The van der Waals surface area contributed by atoms with Gasteiger partial charge in [0.2, 0.25) is 0 Å². The van der Waals surface area contributed by atoms with Crippen molar-refractivity contribution in [2.45, 2.75) is 13.3 Å². The van der Waals surface area contributed by atoms with E-state index in [-0.39, 0.29) is 0 Å². The Labute approximate surface area is 45.5 Å². The second-order valence-corrected chi connectivity index (χ2v) is 5.06. The van der Waals surface area contributed by atoms with Gasteiger partial charge >= 0.3 is 0 Å². The zero-order valence-corrected chi connectivity index (χ0v) is 5.87. The van der Waals surface area contributed by atoms with Crippen LogP contribution in [-0.2, 0) is 4.57 Å². The Kier molecular flexibility index (Phi) is 2.60. The van der Waals surface area contributed by atoms with Gasteiger partial charge in [-0.2, -0.15) is 0 Å². The van der Waals surface area contributed by atoms with Gasteiger partial charge in [0.1, 0.15) is 0 Å². The van der Waals surface area contributed by atoms with E-state index in [0.29, 0.717) is 0 Å². The first kappa shape index (κ1) is 7.23. The molecule has 1 atom stereocenters. The first-order chi connectivity index (χ1) is 3.06. The molecule has 2 heteroatoms. The van der Waals surface area contributed by atoms with Crippen LogP contribution in [0.1, 0.15) is 13.3 Å². The Bertz CT molecular complexity index is 82.1. The summed E-state index contributed by atoms with van der Waals surface area (Å²) >= 11 is 0. The van der Waals surface area contributed by atoms with E-state index in [0.717, 1.165) is 12.6 Å². The van der Waals surface area contributed by atoms with E-state index in [9.17, 15) is 4.57 Å². The van der Waals surface area contributed by atoms with Crippen LogP contribution < -0.4 is 0 Å². The van der Waals surface area contributed by atoms with Crippen molar-refractivity contribution in [3.63, 3.8) is 0 Å². The van der Waals surface area contributed by atoms with Crippen LogP contribution in [0.15, 0.2) is 0 Å². The van der Waals surface area contributed by atoms with Crippen LogP contribution in [0.25, 0.3) is 0 Å². The van der Waals surface area contributed by atoms with E-state index in [1.165, 1.54) is 0 Å². The predicted molar refractivity (Wildman–Crippen MR) is 34.0 cm³/mol. The van der Waals surface area contributed by atoms with Crippen molar-refractivity contribution in [1.29, 1.82) is 0 Å². The molecule has 43 valence electrons. The summed E-state index contributed by atoms with van der Waals surface area (Å²) in [6.07, 6.45) is 1.77. The van der Waals surface area contributed by atoms with Crippen LogP contribution in [0.2, 0.25) is 0 Å². The number of hydrogen-bond donors (Lipinski definition) is 0. The van der Waals surface area contributed by atoms with Crippen LogP contribution in [0.3, 0.4) is 0 Å². The van der Waals surface area contributed by atoms with Gasteiger partial charge in [-0.15, -0.1) is 0 Å². The molecular formula is C5H12OP. The van der Waals surface area contributed by atoms with Gasteiger partial charge in [0.15, 0.2) is 0 Å². The fourth-order valence-corrected chi connectivity index (χ4v) is 1.42. The van der Waals surface area contributed by atoms with Crippen molar-refractivity contribution < 1.29 is 4.57 Å². The molecule has 0 saturated heterocycles. The molecule has 0 aliphatic carbocycles. The van der Waals surface area contributed by atoms with Crippen molar-refractivity contribution in [2.75, 3.05) is 12.8 Å². The number of hydrogen-bond acceptors (Lipinski definition) is 1. The lowest BCUT2D eigenvalue weighted by Crippen LogP contribution is -1.78. The number of rotatable bonds is 2. The molecule has 1 unspecified atom stereocenters. The van der Waals surface area contributed by atoms with Crippen LogP contribution in [-0.4, -0.2) is 12.8 Å². The summed E-state index contributed by atoms with van der Waals surface area (Å²) in [7, 11) is -1.92. The molecule has 0 aliphatic heterocycles. The molecule has 0 saturated carbocycles. The van der Waals surface area contributed by atoms with Crippen molar-refractivity contribution in [1.82, 2.24) is 0 Å². The molecule has 0 rings (SSSR count). The van der Waals surface area contributed by atoms with Gasteiger partial charge in [0, 0.05) is 12.8 Å². The Morgan fingerprint density at radius 3 is 2.14 bits per heavy atom. The van der Waals surface area contributed by atoms with Crippen LogP contribution >= 0.6 is 7.14 Å². The SMILES string of the molecule is [CH2]P(C)(=O)CCC. The molecule has 7 heavy (non-hydrogen) atoms. The molecule has 0 N–H and O–H groups in total. The maximum absolute atomic E-state index is 10.7. The zero-order valence-electron chi connectivity index (χ0n) is 4.98. The maximum Gasteiger partial charge on any atom is 0.0852 e. The van der Waals surface area contributed by atoms with Crippen LogP contribution in [0.4, 0.5) is 0 Å². The lowest BCUT2D eigenvalue weighted by atomic mass is 10.6. The van der Waals surface area contributed by atoms with Gasteiger partial charge < -0.3 is 4.57 Å². The molecule has 0 aliphatic rings. The third kappa shape index (κ3) is 6.23. The predicted octanol–water partition coefficient (Wildman–Crippen LogP) is 2.18. The molecule has 0 aromatic heterocycles. The topological polar surface area (TPSA) is 17.1 Å². The van der Waals surface area contributed by atoms with Gasteiger partial charge in [-0.3, -0.25) is 0 Å². The minimum Gasteiger partial charge on any atom is -0.324 e. The standard InChI is InChI=1S/C5H12OP/c1-4-5-7(2,3)6/h2,4-5H2,1,3H3. The monoisotopic (exact) mass is 119 g/mol. The zero-order chi connectivity index (χ0) is 5.91. The van der Waals surface area contributed by atoms with Crippen molar-refractivity contribution in [3.8, 4) is 0 Å². The molecule has 1 radical (unpaired) electrons. The van der Waals surface area contributed by atoms with Crippen molar-refractivity contribution in [2.24, 2.45) is 0 Å². The fraction of sp³-hybridized carbons (Fsp3) is 0.800. The smallest absolute Gasteiger partial charge is 0.0852 e. The molecule has 0 fully saturated rings. The third-order valence-corrected chi connectivity index (χ3v) is 2.09. The average molecular weight is 119 g/mol. The van der Waals surface area contributed by atoms with Crippen molar-refractivity contribution in [3.05, 3.63) is 6.66 Å². The fourth-order valence-electron chi connectivity index (χ4n) is 0.473. The summed E-state index contributed by atoms with van der Waals surface area (Å²) in [6, 6.07) is 0. The maximum atomic E-state index is 10.7. The van der Waals surface area contributed by atoms with Gasteiger partial charge in [-0.05, 0) is 13.1 Å². The van der Waals surface area contributed by atoms with E-state index in [4.69, 9.17) is 0 Å². The summed E-state index contributed by atoms with van der Waals surface area (Å²) in [6.45, 7) is 7.25. The lowest BCUT2D eigenvalue weighted by Gasteiger charge is -1.99. The van der Waals surface area contributed by atoms with E-state index in [2.05, 4.69) is 6.66 Å². The van der Waals surface area contributed by atoms with Crippen molar-refractivity contribution >= 4 is 7.14 Å². The lowest BCUT2D eigenvalue weighted by molar-refractivity contribution is 0.583. The van der Waals surface area contributed by atoms with Crippen LogP contribution in [0, 0.1) is 6.66 Å². The van der Waals surface area contributed by atoms with E-state index < -0.39 is 7.14 Å². The average Bonchev–Trinajstić information content (AvgIpc) is 1.30. The van der Waals surface area contributed by atoms with Crippen LogP contribution in [0.5, 0.6) is 0 Å². The van der Waals surface area contributed by atoms with Gasteiger partial charge in [0.25, 0.3) is 0 Å². The summed E-state index contributed by atoms with van der Waals surface area (Å²) in [5.41, 5.74) is 0. The molecular weight excluding hydrogens is 107 g/mol. The Balaban J connectivity index is 3.36. The second-order valence-electron chi connectivity index (χ2n) is 2.02. The first-order valence-electron chi connectivity index (χ1n) is 2.47. The highest BCUT2D eigenvalue weighted by atomic mass is 31.2. The summed E-state index contributed by atoms with van der Waals surface area (Å²) < 4.78 is 10.7. The highest BCUT2D eigenvalue weighted by molar-refractivity contribution is 7.64. The Morgan fingerprint density at radius 1 is 1.71 bits per heavy atom. The summed E-state index contributed by atoms with van der Waals surface area (Å²) in [5, 5.41) is 0. The Hall–Kier alpha value is 0.230. The quantitative estimate of drug-likeness (QED) is 0.509. The minimum absolute atomic E-state index is 0.785. The van der Waals surface area contributed by atoms with Gasteiger partial charge in [-0.1, -0.05) is 6.92 Å². The molecule has 0 bridgehead atoms. The van der Waals surface area contributed by atoms with Gasteiger partial charge in [0.05, 0.1) is 7.14 Å². The molecule has 0 aromatic rings. The largest absolute Gasteiger partial charge is 0.324 e. The molecule has 0 aromatic carbocycles. The normalized spacial score (nSPS) is 11.9.